The number of hydrogen-bond acceptors (Lipinski definition) is 6. The first-order valence-corrected chi connectivity index (χ1v) is 7.67. The largest absolute Gasteiger partial charge is 0.505 e. The highest BCUT2D eigenvalue weighted by atomic mass is 35.5. The third kappa shape index (κ3) is 2.87. The quantitative estimate of drug-likeness (QED) is 0.481. The maximum atomic E-state index is 13.0. The topological polar surface area (TPSA) is 99.9 Å². The molecule has 0 bridgehead atoms. The van der Waals surface area contributed by atoms with Crippen molar-refractivity contribution < 1.29 is 13.9 Å². The lowest BCUT2D eigenvalue weighted by Gasteiger charge is -2.00. The standard InChI is InChI=1S/C16H11ClFN5O2/c17-21-16-19-11-6-5-10(14(24)13(11)20-16)15-23-22-12(25-15)7-8-1-3-9(18)4-2-8/h1-6,24H,7H2,(H2,19,20,21). The SMILES string of the molecule is Oc1c(-c2nnc(Cc3ccc(F)cc3)o2)ccc2[nH]c(NCl)nc12. The van der Waals surface area contributed by atoms with Crippen LogP contribution in [0.25, 0.3) is 22.5 Å². The van der Waals surface area contributed by atoms with Crippen LogP contribution in [0.2, 0.25) is 0 Å². The molecule has 0 fully saturated rings. The van der Waals surface area contributed by atoms with E-state index < -0.39 is 0 Å². The lowest BCUT2D eigenvalue weighted by atomic mass is 10.1. The van der Waals surface area contributed by atoms with Crippen molar-refractivity contribution >= 4 is 28.8 Å². The Balaban J connectivity index is 1.66. The van der Waals surface area contributed by atoms with Crippen molar-refractivity contribution in [3.05, 3.63) is 53.7 Å². The molecule has 9 heteroatoms. The summed E-state index contributed by atoms with van der Waals surface area (Å²) < 4.78 is 18.6. The molecular weight excluding hydrogens is 349 g/mol. The highest BCUT2D eigenvalue weighted by molar-refractivity contribution is 6.23. The zero-order valence-electron chi connectivity index (χ0n) is 12.6. The van der Waals surface area contributed by atoms with Crippen LogP contribution in [0.1, 0.15) is 11.5 Å². The van der Waals surface area contributed by atoms with Crippen molar-refractivity contribution in [3.63, 3.8) is 0 Å². The number of hydrogen-bond donors (Lipinski definition) is 3. The van der Waals surface area contributed by atoms with Gasteiger partial charge in [-0.05, 0) is 29.8 Å². The number of fused-ring (bicyclic) bond motifs is 1. The maximum Gasteiger partial charge on any atom is 0.251 e. The number of phenolic OH excluding ortho intramolecular Hbond substituents is 1. The third-order valence-corrected chi connectivity index (χ3v) is 3.86. The fourth-order valence-electron chi connectivity index (χ4n) is 2.49. The van der Waals surface area contributed by atoms with Gasteiger partial charge in [0.25, 0.3) is 5.89 Å². The number of aromatic nitrogens is 4. The van der Waals surface area contributed by atoms with Gasteiger partial charge in [-0.1, -0.05) is 12.1 Å². The minimum absolute atomic E-state index is 0.0936. The number of aromatic hydroxyl groups is 1. The fourth-order valence-corrected chi connectivity index (χ4v) is 2.58. The minimum Gasteiger partial charge on any atom is -0.505 e. The predicted octanol–water partition coefficient (Wildman–Crippen LogP) is 3.61. The molecule has 7 nitrogen and oxygen atoms in total. The number of rotatable bonds is 4. The second-order valence-corrected chi connectivity index (χ2v) is 5.53. The third-order valence-electron chi connectivity index (χ3n) is 3.68. The van der Waals surface area contributed by atoms with Crippen LogP contribution in [-0.4, -0.2) is 25.3 Å². The Kier molecular flexibility index (Phi) is 3.73. The van der Waals surface area contributed by atoms with Crippen LogP contribution >= 0.6 is 11.8 Å². The second-order valence-electron chi connectivity index (χ2n) is 5.34. The van der Waals surface area contributed by atoms with Gasteiger partial charge in [0.1, 0.15) is 11.3 Å². The van der Waals surface area contributed by atoms with Crippen molar-refractivity contribution in [2.45, 2.75) is 6.42 Å². The molecule has 3 N–H and O–H groups in total. The summed E-state index contributed by atoms with van der Waals surface area (Å²) in [6.45, 7) is 0. The summed E-state index contributed by atoms with van der Waals surface area (Å²) in [5, 5.41) is 18.4. The number of nitrogens with one attached hydrogen (secondary N) is 2. The molecule has 0 unspecified atom stereocenters. The molecule has 0 saturated heterocycles. The Morgan fingerprint density at radius 2 is 1.96 bits per heavy atom. The number of nitrogens with zero attached hydrogens (tertiary/aromatic N) is 3. The van der Waals surface area contributed by atoms with Crippen LogP contribution in [0.15, 0.2) is 40.8 Å². The number of halogens is 2. The van der Waals surface area contributed by atoms with E-state index in [1.54, 1.807) is 24.3 Å². The first-order chi connectivity index (χ1) is 12.1. The Morgan fingerprint density at radius 3 is 2.72 bits per heavy atom. The molecule has 2 aromatic carbocycles. The van der Waals surface area contributed by atoms with Gasteiger partial charge in [0, 0.05) is 11.8 Å². The Bertz CT molecular complexity index is 1040. The number of phenols is 1. The fraction of sp³-hybridized carbons (Fsp3) is 0.0625. The molecule has 0 radical (unpaired) electrons. The first-order valence-electron chi connectivity index (χ1n) is 7.29. The molecule has 4 aromatic rings. The van der Waals surface area contributed by atoms with E-state index in [1.165, 1.54) is 12.1 Å². The van der Waals surface area contributed by atoms with Gasteiger partial charge in [0.05, 0.1) is 17.5 Å². The summed E-state index contributed by atoms with van der Waals surface area (Å²) in [6.07, 6.45) is 0.360. The van der Waals surface area contributed by atoms with Gasteiger partial charge < -0.3 is 14.5 Å². The van der Waals surface area contributed by atoms with Crippen molar-refractivity contribution in [2.24, 2.45) is 0 Å². The van der Waals surface area contributed by atoms with E-state index in [0.29, 0.717) is 34.9 Å². The molecule has 0 saturated carbocycles. The number of imidazole rings is 1. The van der Waals surface area contributed by atoms with E-state index in [2.05, 4.69) is 25.0 Å². The summed E-state index contributed by atoms with van der Waals surface area (Å²) in [6, 6.07) is 9.39. The molecule has 0 aliphatic heterocycles. The van der Waals surface area contributed by atoms with Gasteiger partial charge >= 0.3 is 0 Å². The lowest BCUT2D eigenvalue weighted by molar-refractivity contribution is 0.474. The normalized spacial score (nSPS) is 11.1. The number of benzene rings is 2. The average Bonchev–Trinajstić information content (AvgIpc) is 3.24. The monoisotopic (exact) mass is 359 g/mol. The van der Waals surface area contributed by atoms with Gasteiger partial charge in [-0.15, -0.1) is 10.2 Å². The highest BCUT2D eigenvalue weighted by Crippen LogP contribution is 2.34. The molecule has 25 heavy (non-hydrogen) atoms. The van der Waals surface area contributed by atoms with Crippen molar-refractivity contribution in [2.75, 3.05) is 4.84 Å². The molecular formula is C16H11ClFN5O2. The van der Waals surface area contributed by atoms with Crippen LogP contribution < -0.4 is 4.84 Å². The molecule has 126 valence electrons. The zero-order valence-corrected chi connectivity index (χ0v) is 13.4. The van der Waals surface area contributed by atoms with Crippen LogP contribution in [0.4, 0.5) is 10.3 Å². The summed E-state index contributed by atoms with van der Waals surface area (Å²) in [5.41, 5.74) is 2.13. The molecule has 2 heterocycles. The summed E-state index contributed by atoms with van der Waals surface area (Å²) >= 11 is 5.51. The van der Waals surface area contributed by atoms with Gasteiger partial charge in [-0.2, -0.15) is 0 Å². The molecule has 0 amide bonds. The van der Waals surface area contributed by atoms with Crippen molar-refractivity contribution in [1.82, 2.24) is 20.2 Å². The van der Waals surface area contributed by atoms with Gasteiger partial charge in [0.2, 0.25) is 11.8 Å². The Labute approximate surface area is 145 Å². The van der Waals surface area contributed by atoms with E-state index in [1.807, 2.05) is 0 Å². The summed E-state index contributed by atoms with van der Waals surface area (Å²) in [5.74, 6) is 0.430. The Hall–Kier alpha value is -3.13. The smallest absolute Gasteiger partial charge is 0.251 e. The summed E-state index contributed by atoms with van der Waals surface area (Å²) in [4.78, 5) is 9.38. The van der Waals surface area contributed by atoms with E-state index >= 15 is 0 Å². The van der Waals surface area contributed by atoms with E-state index in [4.69, 9.17) is 16.2 Å². The highest BCUT2D eigenvalue weighted by Gasteiger charge is 2.17. The second kappa shape index (κ2) is 6.06. The first kappa shape index (κ1) is 15.4. The molecule has 2 aromatic heterocycles. The molecule has 4 rings (SSSR count). The molecule has 0 aliphatic carbocycles. The number of H-pyrrole nitrogens is 1. The van der Waals surface area contributed by atoms with Gasteiger partial charge in [-0.25, -0.2) is 9.37 Å². The number of anilines is 1. The Morgan fingerprint density at radius 1 is 1.16 bits per heavy atom. The van der Waals surface area contributed by atoms with Crippen molar-refractivity contribution in [1.29, 1.82) is 0 Å². The molecule has 0 aliphatic rings. The van der Waals surface area contributed by atoms with Gasteiger partial charge in [-0.3, -0.25) is 4.84 Å². The van der Waals surface area contributed by atoms with Crippen molar-refractivity contribution in [3.8, 4) is 17.2 Å². The average molecular weight is 360 g/mol. The van der Waals surface area contributed by atoms with Crippen LogP contribution in [0.3, 0.4) is 0 Å². The molecule has 0 spiro atoms. The molecule has 0 atom stereocenters. The van der Waals surface area contributed by atoms with Crippen LogP contribution in [-0.2, 0) is 6.42 Å². The summed E-state index contributed by atoms with van der Waals surface area (Å²) in [7, 11) is 0. The van der Waals surface area contributed by atoms with Crippen LogP contribution in [0.5, 0.6) is 5.75 Å². The maximum absolute atomic E-state index is 13.0. The van der Waals surface area contributed by atoms with E-state index in [9.17, 15) is 9.50 Å². The number of aromatic amines is 1. The van der Waals surface area contributed by atoms with Crippen LogP contribution in [0, 0.1) is 5.82 Å². The van der Waals surface area contributed by atoms with Gasteiger partial charge in [0.15, 0.2) is 5.75 Å². The van der Waals surface area contributed by atoms with E-state index in [-0.39, 0.29) is 17.5 Å². The minimum atomic E-state index is -0.307. The van der Waals surface area contributed by atoms with E-state index in [0.717, 1.165) is 5.56 Å². The zero-order chi connectivity index (χ0) is 17.4. The predicted molar refractivity (Wildman–Crippen MR) is 89.7 cm³/mol. The lowest BCUT2D eigenvalue weighted by Crippen LogP contribution is -1.88.